The lowest BCUT2D eigenvalue weighted by Crippen LogP contribution is -2.01. The normalized spacial score (nSPS) is 11.2. The van der Waals surface area contributed by atoms with Crippen LogP contribution in [0.2, 0.25) is 0 Å². The van der Waals surface area contributed by atoms with Crippen LogP contribution >= 0.6 is 23.1 Å². The molecule has 0 fully saturated rings. The maximum atomic E-state index is 13.6. The first-order valence-electron chi connectivity index (χ1n) is 5.36. The van der Waals surface area contributed by atoms with E-state index < -0.39 is 0 Å². The van der Waals surface area contributed by atoms with Crippen LogP contribution in [0.5, 0.6) is 0 Å². The van der Waals surface area contributed by atoms with Crippen LogP contribution in [-0.4, -0.2) is 9.38 Å². The number of halogens is 1. The van der Waals surface area contributed by atoms with Gasteiger partial charge in [-0.05, 0) is 12.1 Å². The predicted octanol–water partition coefficient (Wildman–Crippen LogP) is 3.14. The van der Waals surface area contributed by atoms with Gasteiger partial charge in [0.1, 0.15) is 10.8 Å². The summed E-state index contributed by atoms with van der Waals surface area (Å²) in [5.41, 5.74) is 6.66. The maximum Gasteiger partial charge on any atom is 0.194 e. The quantitative estimate of drug-likeness (QED) is 0.801. The number of thiazole rings is 1. The van der Waals surface area contributed by atoms with E-state index in [4.69, 9.17) is 5.73 Å². The fourth-order valence-electron chi connectivity index (χ4n) is 1.71. The first-order chi connectivity index (χ1) is 8.79. The number of benzene rings is 1. The van der Waals surface area contributed by atoms with E-state index in [-0.39, 0.29) is 5.82 Å². The lowest BCUT2D eigenvalue weighted by atomic mass is 10.3. The average Bonchev–Trinajstić information content (AvgIpc) is 2.92. The van der Waals surface area contributed by atoms with Crippen LogP contribution in [0.1, 0.15) is 5.69 Å². The number of rotatable bonds is 3. The Labute approximate surface area is 111 Å². The van der Waals surface area contributed by atoms with Gasteiger partial charge in [0, 0.05) is 23.0 Å². The SMILES string of the molecule is NCc1c(Sc2ccccc2F)nc2sccn12. The van der Waals surface area contributed by atoms with Crippen molar-refractivity contribution in [2.24, 2.45) is 5.73 Å². The number of hydrogen-bond donors (Lipinski definition) is 1. The molecule has 1 aromatic carbocycles. The molecule has 0 amide bonds. The van der Waals surface area contributed by atoms with Gasteiger partial charge in [-0.3, -0.25) is 4.40 Å². The summed E-state index contributed by atoms with van der Waals surface area (Å²) in [7, 11) is 0. The highest BCUT2D eigenvalue weighted by molar-refractivity contribution is 7.99. The Morgan fingerprint density at radius 1 is 1.39 bits per heavy atom. The average molecular weight is 279 g/mol. The monoisotopic (exact) mass is 279 g/mol. The zero-order valence-electron chi connectivity index (χ0n) is 9.34. The molecule has 0 spiro atoms. The molecule has 2 N–H and O–H groups in total. The number of nitrogens with two attached hydrogens (primary N) is 1. The van der Waals surface area contributed by atoms with Crippen molar-refractivity contribution < 1.29 is 4.39 Å². The summed E-state index contributed by atoms with van der Waals surface area (Å²) in [5, 5.41) is 2.73. The molecule has 0 saturated heterocycles. The molecule has 2 heterocycles. The first-order valence-corrected chi connectivity index (χ1v) is 7.06. The van der Waals surface area contributed by atoms with E-state index >= 15 is 0 Å². The highest BCUT2D eigenvalue weighted by atomic mass is 32.2. The van der Waals surface area contributed by atoms with Crippen LogP contribution in [0.4, 0.5) is 4.39 Å². The molecular formula is C12H10FN3S2. The Morgan fingerprint density at radius 3 is 3.00 bits per heavy atom. The van der Waals surface area contributed by atoms with Gasteiger partial charge in [-0.2, -0.15) is 0 Å². The fourth-order valence-corrected chi connectivity index (χ4v) is 3.45. The van der Waals surface area contributed by atoms with E-state index in [1.165, 1.54) is 17.8 Å². The zero-order chi connectivity index (χ0) is 12.5. The summed E-state index contributed by atoms with van der Waals surface area (Å²) in [6.45, 7) is 0.384. The van der Waals surface area contributed by atoms with Crippen LogP contribution in [0, 0.1) is 5.82 Å². The molecule has 0 radical (unpaired) electrons. The number of aromatic nitrogens is 2. The minimum atomic E-state index is -0.234. The third-order valence-corrected chi connectivity index (χ3v) is 4.39. The molecule has 0 aliphatic heterocycles. The van der Waals surface area contributed by atoms with Crippen molar-refractivity contribution in [1.29, 1.82) is 0 Å². The van der Waals surface area contributed by atoms with E-state index in [0.717, 1.165) is 15.7 Å². The molecule has 3 aromatic rings. The molecular weight excluding hydrogens is 269 g/mol. The van der Waals surface area contributed by atoms with Crippen molar-refractivity contribution in [1.82, 2.24) is 9.38 Å². The van der Waals surface area contributed by atoms with Crippen LogP contribution in [0.25, 0.3) is 4.96 Å². The van der Waals surface area contributed by atoms with Crippen LogP contribution in [-0.2, 0) is 6.54 Å². The first kappa shape index (κ1) is 11.7. The third kappa shape index (κ3) is 1.92. The van der Waals surface area contributed by atoms with E-state index in [1.807, 2.05) is 22.0 Å². The molecule has 0 unspecified atom stereocenters. The third-order valence-electron chi connectivity index (χ3n) is 2.56. The van der Waals surface area contributed by atoms with Crippen LogP contribution < -0.4 is 5.73 Å². The van der Waals surface area contributed by atoms with Gasteiger partial charge in [-0.15, -0.1) is 11.3 Å². The highest BCUT2D eigenvalue weighted by Gasteiger charge is 2.14. The highest BCUT2D eigenvalue weighted by Crippen LogP contribution is 2.32. The minimum Gasteiger partial charge on any atom is -0.325 e. The Hall–Kier alpha value is -1.37. The smallest absolute Gasteiger partial charge is 0.194 e. The van der Waals surface area contributed by atoms with Crippen molar-refractivity contribution >= 4 is 28.1 Å². The molecule has 92 valence electrons. The fraction of sp³-hybridized carbons (Fsp3) is 0.0833. The summed E-state index contributed by atoms with van der Waals surface area (Å²) >= 11 is 2.86. The maximum absolute atomic E-state index is 13.6. The summed E-state index contributed by atoms with van der Waals surface area (Å²) in [5.74, 6) is -0.234. The van der Waals surface area contributed by atoms with Gasteiger partial charge >= 0.3 is 0 Å². The van der Waals surface area contributed by atoms with Gasteiger partial charge in [0.2, 0.25) is 0 Å². The molecule has 3 rings (SSSR count). The summed E-state index contributed by atoms with van der Waals surface area (Å²) in [6.07, 6.45) is 1.93. The van der Waals surface area contributed by atoms with E-state index in [9.17, 15) is 4.39 Å². The number of nitrogens with zero attached hydrogens (tertiary/aromatic N) is 2. The lowest BCUT2D eigenvalue weighted by Gasteiger charge is -2.02. The largest absolute Gasteiger partial charge is 0.325 e. The van der Waals surface area contributed by atoms with Crippen molar-refractivity contribution in [2.45, 2.75) is 16.5 Å². The Morgan fingerprint density at radius 2 is 2.22 bits per heavy atom. The van der Waals surface area contributed by atoms with Gasteiger partial charge in [0.05, 0.1) is 5.69 Å². The molecule has 6 heteroatoms. The van der Waals surface area contributed by atoms with E-state index in [1.54, 1.807) is 23.5 Å². The van der Waals surface area contributed by atoms with Crippen molar-refractivity contribution in [3.63, 3.8) is 0 Å². The Balaban J connectivity index is 2.04. The van der Waals surface area contributed by atoms with Gasteiger partial charge < -0.3 is 5.73 Å². The molecule has 3 nitrogen and oxygen atoms in total. The summed E-state index contributed by atoms with van der Waals surface area (Å²) < 4.78 is 15.6. The van der Waals surface area contributed by atoms with E-state index in [2.05, 4.69) is 4.98 Å². The number of fused-ring (bicyclic) bond motifs is 1. The zero-order valence-corrected chi connectivity index (χ0v) is 11.0. The second-order valence-electron chi connectivity index (χ2n) is 3.66. The van der Waals surface area contributed by atoms with Gasteiger partial charge in [-0.25, -0.2) is 9.37 Å². The Bertz CT molecular complexity index is 690. The molecule has 0 aliphatic carbocycles. The van der Waals surface area contributed by atoms with Crippen LogP contribution in [0.15, 0.2) is 45.8 Å². The Kier molecular flexibility index (Phi) is 3.07. The number of hydrogen-bond acceptors (Lipinski definition) is 4. The van der Waals surface area contributed by atoms with E-state index in [0.29, 0.717) is 11.4 Å². The van der Waals surface area contributed by atoms with Gasteiger partial charge in [0.25, 0.3) is 0 Å². The molecule has 0 bridgehead atoms. The van der Waals surface area contributed by atoms with Crippen LogP contribution in [0.3, 0.4) is 0 Å². The van der Waals surface area contributed by atoms with Crippen molar-refractivity contribution in [3.05, 3.63) is 47.4 Å². The number of imidazole rings is 1. The van der Waals surface area contributed by atoms with Gasteiger partial charge in [-0.1, -0.05) is 23.9 Å². The molecule has 0 atom stereocenters. The second-order valence-corrected chi connectivity index (χ2v) is 5.56. The lowest BCUT2D eigenvalue weighted by molar-refractivity contribution is 0.602. The molecule has 0 aliphatic rings. The minimum absolute atomic E-state index is 0.234. The van der Waals surface area contributed by atoms with Crippen molar-refractivity contribution in [3.8, 4) is 0 Å². The summed E-state index contributed by atoms with van der Waals surface area (Å²) in [4.78, 5) is 5.93. The molecule has 2 aromatic heterocycles. The predicted molar refractivity (Wildman–Crippen MR) is 71.5 cm³/mol. The van der Waals surface area contributed by atoms with Crippen molar-refractivity contribution in [2.75, 3.05) is 0 Å². The van der Waals surface area contributed by atoms with Gasteiger partial charge in [0.15, 0.2) is 4.96 Å². The molecule has 0 saturated carbocycles. The second kappa shape index (κ2) is 4.72. The standard InChI is InChI=1S/C12H10FN3S2/c13-8-3-1-2-4-10(8)18-11-9(7-14)16-5-6-17-12(16)15-11/h1-6H,7,14H2. The topological polar surface area (TPSA) is 43.3 Å². The summed E-state index contributed by atoms with van der Waals surface area (Å²) in [6, 6.07) is 6.68. The molecule has 18 heavy (non-hydrogen) atoms.